The molecule has 0 radical (unpaired) electrons. The maximum absolute atomic E-state index is 13.0. The van der Waals surface area contributed by atoms with Crippen molar-refractivity contribution in [1.82, 2.24) is 4.90 Å². The summed E-state index contributed by atoms with van der Waals surface area (Å²) in [5, 5.41) is 11.4. The third kappa shape index (κ3) is 3.17. The van der Waals surface area contributed by atoms with E-state index in [1.165, 1.54) is 0 Å². The molecule has 2 aliphatic rings. The molecular weight excluding hydrogens is 390 g/mol. The summed E-state index contributed by atoms with van der Waals surface area (Å²) in [6.07, 6.45) is 0.320. The van der Waals surface area contributed by atoms with Crippen molar-refractivity contribution in [2.24, 2.45) is 0 Å². The molecule has 142 valence electrons. The Labute approximate surface area is 174 Å². The van der Waals surface area contributed by atoms with E-state index in [2.05, 4.69) is 11.0 Å². The quantitative estimate of drug-likeness (QED) is 0.685. The van der Waals surface area contributed by atoms with E-state index in [1.807, 2.05) is 56.3 Å². The van der Waals surface area contributed by atoms with Gasteiger partial charge in [0.1, 0.15) is 0 Å². The average molecular weight is 410 g/mol. The molecule has 2 aromatic rings. The SMILES string of the molecule is Cc1ccccc1C1CC(=O)N2CN(c3cccc(Cl)c3C)CSC2=C1C#N. The predicted octanol–water partition coefficient (Wildman–Crippen LogP) is 5.18. The fourth-order valence-electron chi connectivity index (χ4n) is 3.90. The van der Waals surface area contributed by atoms with Gasteiger partial charge in [0.2, 0.25) is 5.91 Å². The molecule has 2 heterocycles. The third-order valence-corrected chi connectivity index (χ3v) is 7.00. The molecule has 28 heavy (non-hydrogen) atoms. The third-order valence-electron chi connectivity index (χ3n) is 5.44. The van der Waals surface area contributed by atoms with Gasteiger partial charge in [0.25, 0.3) is 0 Å². The van der Waals surface area contributed by atoms with Crippen molar-refractivity contribution in [2.75, 3.05) is 17.4 Å². The number of benzene rings is 2. The highest BCUT2D eigenvalue weighted by Crippen LogP contribution is 2.44. The van der Waals surface area contributed by atoms with Gasteiger partial charge in [-0.25, -0.2) is 0 Å². The van der Waals surface area contributed by atoms with Crippen LogP contribution in [0.4, 0.5) is 5.69 Å². The Bertz CT molecular complexity index is 1030. The van der Waals surface area contributed by atoms with Gasteiger partial charge in [-0.2, -0.15) is 5.26 Å². The summed E-state index contributed by atoms with van der Waals surface area (Å²) in [5.41, 5.74) is 4.89. The summed E-state index contributed by atoms with van der Waals surface area (Å²) in [4.78, 5) is 16.9. The molecule has 0 aliphatic carbocycles. The summed E-state index contributed by atoms with van der Waals surface area (Å²) in [6.45, 7) is 4.46. The zero-order chi connectivity index (χ0) is 19.8. The number of halogens is 1. The van der Waals surface area contributed by atoms with Gasteiger partial charge in [0, 0.05) is 23.0 Å². The van der Waals surface area contributed by atoms with Crippen molar-refractivity contribution >= 4 is 35.0 Å². The van der Waals surface area contributed by atoms with Gasteiger partial charge < -0.3 is 4.90 Å². The number of amides is 1. The highest BCUT2D eigenvalue weighted by Gasteiger charge is 2.38. The Morgan fingerprint density at radius 2 is 1.96 bits per heavy atom. The number of carbonyl (C=O) groups is 1. The van der Waals surface area contributed by atoms with Gasteiger partial charge in [-0.3, -0.25) is 9.69 Å². The Hall–Kier alpha value is -2.42. The first-order chi connectivity index (χ1) is 13.5. The van der Waals surface area contributed by atoms with E-state index < -0.39 is 0 Å². The van der Waals surface area contributed by atoms with Crippen LogP contribution in [0.15, 0.2) is 53.1 Å². The van der Waals surface area contributed by atoms with Crippen LogP contribution in [-0.2, 0) is 4.79 Å². The first kappa shape index (κ1) is 18.9. The van der Waals surface area contributed by atoms with E-state index in [-0.39, 0.29) is 11.8 Å². The number of allylic oxidation sites excluding steroid dienone is 1. The molecule has 1 saturated heterocycles. The second-order valence-corrected chi connectivity index (χ2v) is 8.45. The number of anilines is 1. The van der Waals surface area contributed by atoms with Crippen molar-refractivity contribution in [3.05, 3.63) is 74.8 Å². The van der Waals surface area contributed by atoms with E-state index in [1.54, 1.807) is 16.7 Å². The van der Waals surface area contributed by atoms with Crippen LogP contribution in [0.2, 0.25) is 5.02 Å². The molecule has 4 rings (SSSR count). The van der Waals surface area contributed by atoms with Gasteiger partial charge in [-0.1, -0.05) is 53.7 Å². The van der Waals surface area contributed by atoms with Crippen molar-refractivity contribution in [2.45, 2.75) is 26.2 Å². The molecule has 1 fully saturated rings. The Morgan fingerprint density at radius 1 is 1.18 bits per heavy atom. The molecule has 1 atom stereocenters. The predicted molar refractivity (Wildman–Crippen MR) is 114 cm³/mol. The van der Waals surface area contributed by atoms with E-state index in [0.29, 0.717) is 29.6 Å². The molecule has 0 aromatic heterocycles. The minimum atomic E-state index is -0.170. The number of rotatable bonds is 2. The number of fused-ring (bicyclic) bond motifs is 1. The van der Waals surface area contributed by atoms with E-state index in [9.17, 15) is 10.1 Å². The van der Waals surface area contributed by atoms with Crippen LogP contribution in [-0.4, -0.2) is 23.4 Å². The lowest BCUT2D eigenvalue weighted by Gasteiger charge is -2.42. The molecule has 0 spiro atoms. The van der Waals surface area contributed by atoms with Crippen molar-refractivity contribution in [3.63, 3.8) is 0 Å². The summed E-state index contributed by atoms with van der Waals surface area (Å²) >= 11 is 7.83. The van der Waals surface area contributed by atoms with E-state index >= 15 is 0 Å². The van der Waals surface area contributed by atoms with Crippen LogP contribution >= 0.6 is 23.4 Å². The molecule has 6 heteroatoms. The molecule has 0 N–H and O–H groups in total. The number of aryl methyl sites for hydroxylation is 1. The Balaban J connectivity index is 1.70. The van der Waals surface area contributed by atoms with Crippen LogP contribution in [0, 0.1) is 25.2 Å². The van der Waals surface area contributed by atoms with Gasteiger partial charge >= 0.3 is 0 Å². The van der Waals surface area contributed by atoms with Gasteiger partial charge in [0.15, 0.2) is 0 Å². The monoisotopic (exact) mass is 409 g/mol. The smallest absolute Gasteiger partial charge is 0.229 e. The van der Waals surface area contributed by atoms with Crippen molar-refractivity contribution < 1.29 is 4.79 Å². The first-order valence-corrected chi connectivity index (χ1v) is 10.5. The maximum Gasteiger partial charge on any atom is 0.229 e. The van der Waals surface area contributed by atoms with Crippen molar-refractivity contribution in [3.8, 4) is 6.07 Å². The lowest BCUT2D eigenvalue weighted by Crippen LogP contribution is -2.47. The fraction of sp³-hybridized carbons (Fsp3) is 0.273. The molecule has 0 saturated carbocycles. The molecule has 0 bridgehead atoms. The van der Waals surface area contributed by atoms with E-state index in [4.69, 9.17) is 11.6 Å². The fourth-order valence-corrected chi connectivity index (χ4v) is 5.22. The summed E-state index contributed by atoms with van der Waals surface area (Å²) in [6, 6.07) is 16.2. The topological polar surface area (TPSA) is 47.3 Å². The second kappa shape index (κ2) is 7.54. The summed E-state index contributed by atoms with van der Waals surface area (Å²) < 4.78 is 0. The zero-order valence-electron chi connectivity index (χ0n) is 15.8. The molecule has 4 nitrogen and oxygen atoms in total. The molecule has 1 amide bonds. The lowest BCUT2D eigenvalue weighted by molar-refractivity contribution is -0.129. The molecule has 1 unspecified atom stereocenters. The van der Waals surface area contributed by atoms with Crippen LogP contribution in [0.25, 0.3) is 0 Å². The van der Waals surface area contributed by atoms with E-state index in [0.717, 1.165) is 27.4 Å². The second-order valence-electron chi connectivity index (χ2n) is 7.10. The Morgan fingerprint density at radius 3 is 2.71 bits per heavy atom. The standard InChI is InChI=1S/C22H20ClN3OS/c1-14-6-3-4-7-16(14)17-10-21(27)26-12-25(13-28-22(26)18(17)11-24)20-9-5-8-19(23)15(20)2/h3-9,17H,10,12-13H2,1-2H3. The van der Waals surface area contributed by atoms with Crippen LogP contribution < -0.4 is 4.90 Å². The number of carbonyl (C=O) groups excluding carboxylic acids is 1. The molecule has 2 aliphatic heterocycles. The first-order valence-electron chi connectivity index (χ1n) is 9.14. The number of nitriles is 1. The normalized spacial score (nSPS) is 19.5. The zero-order valence-corrected chi connectivity index (χ0v) is 17.3. The molecule has 2 aromatic carbocycles. The maximum atomic E-state index is 13.0. The number of thioether (sulfide) groups is 1. The molecular formula is C22H20ClN3OS. The largest absolute Gasteiger partial charge is 0.343 e. The minimum absolute atomic E-state index is 0.0548. The van der Waals surface area contributed by atoms with Crippen molar-refractivity contribution in [1.29, 1.82) is 5.26 Å². The highest BCUT2D eigenvalue weighted by molar-refractivity contribution is 8.03. The van der Waals surface area contributed by atoms with Crippen LogP contribution in [0.5, 0.6) is 0 Å². The lowest BCUT2D eigenvalue weighted by atomic mass is 9.84. The Kier molecular flexibility index (Phi) is 5.09. The van der Waals surface area contributed by atoms with Gasteiger partial charge in [-0.05, 0) is 42.7 Å². The summed E-state index contributed by atoms with van der Waals surface area (Å²) in [7, 11) is 0. The number of nitrogens with zero attached hydrogens (tertiary/aromatic N) is 3. The van der Waals surface area contributed by atoms with Gasteiger partial charge in [-0.15, -0.1) is 0 Å². The van der Waals surface area contributed by atoms with Crippen LogP contribution in [0.1, 0.15) is 29.0 Å². The average Bonchev–Trinajstić information content (AvgIpc) is 2.70. The summed E-state index contributed by atoms with van der Waals surface area (Å²) in [5.74, 6) is 0.558. The van der Waals surface area contributed by atoms with Gasteiger partial charge in [0.05, 0.1) is 29.2 Å². The number of hydrogen-bond donors (Lipinski definition) is 0. The minimum Gasteiger partial charge on any atom is -0.343 e. The van der Waals surface area contributed by atoms with Crippen LogP contribution in [0.3, 0.4) is 0 Å². The number of hydrogen-bond acceptors (Lipinski definition) is 4. The highest BCUT2D eigenvalue weighted by atomic mass is 35.5.